The first-order valence-electron chi connectivity index (χ1n) is 6.83. The van der Waals surface area contributed by atoms with Gasteiger partial charge in [0.1, 0.15) is 4.90 Å². The van der Waals surface area contributed by atoms with Gasteiger partial charge in [-0.15, -0.1) is 0 Å². The van der Waals surface area contributed by atoms with Crippen LogP contribution >= 0.6 is 0 Å². The van der Waals surface area contributed by atoms with Crippen LogP contribution in [0.25, 0.3) is 10.9 Å². The molecule has 0 N–H and O–H groups in total. The fraction of sp³-hybridized carbons (Fsp3) is 0.118. The summed E-state index contributed by atoms with van der Waals surface area (Å²) < 4.78 is 30.2. The molecule has 0 amide bonds. The Bertz CT molecular complexity index is 932. The van der Waals surface area contributed by atoms with Crippen molar-refractivity contribution in [3.63, 3.8) is 0 Å². The maximum Gasteiger partial charge on any atom is 0.339 e. The summed E-state index contributed by atoms with van der Waals surface area (Å²) in [7, 11) is -3.87. The van der Waals surface area contributed by atoms with E-state index in [4.69, 9.17) is 4.18 Å². The predicted octanol–water partition coefficient (Wildman–Crippen LogP) is 3.62. The molecule has 0 radical (unpaired) electrons. The first kappa shape index (κ1) is 14.5. The SMILES string of the molecule is Cc1ccc(S(=O)(=O)Oc2cc(C)nc3ccccc23)cc1. The van der Waals surface area contributed by atoms with Crippen molar-refractivity contribution in [1.29, 1.82) is 0 Å². The highest BCUT2D eigenvalue weighted by Gasteiger charge is 2.18. The molecule has 3 aromatic rings. The molecule has 0 saturated heterocycles. The monoisotopic (exact) mass is 313 g/mol. The van der Waals surface area contributed by atoms with E-state index in [0.717, 1.165) is 5.56 Å². The Morgan fingerprint density at radius 1 is 0.955 bits per heavy atom. The minimum Gasteiger partial charge on any atom is -0.378 e. The Balaban J connectivity index is 2.07. The van der Waals surface area contributed by atoms with Crippen LogP contribution in [0.15, 0.2) is 59.5 Å². The Labute approximate surface area is 129 Å². The van der Waals surface area contributed by atoms with Gasteiger partial charge in [0.2, 0.25) is 0 Å². The first-order valence-corrected chi connectivity index (χ1v) is 8.24. The van der Waals surface area contributed by atoms with E-state index < -0.39 is 10.1 Å². The van der Waals surface area contributed by atoms with E-state index in [2.05, 4.69) is 4.98 Å². The van der Waals surface area contributed by atoms with Crippen molar-refractivity contribution in [2.45, 2.75) is 18.7 Å². The van der Waals surface area contributed by atoms with E-state index >= 15 is 0 Å². The molecule has 1 heterocycles. The smallest absolute Gasteiger partial charge is 0.339 e. The molecule has 0 aliphatic rings. The molecule has 0 aliphatic heterocycles. The second kappa shape index (κ2) is 5.42. The molecule has 0 fully saturated rings. The van der Waals surface area contributed by atoms with Crippen LogP contribution in [0.3, 0.4) is 0 Å². The van der Waals surface area contributed by atoms with E-state index in [9.17, 15) is 8.42 Å². The Morgan fingerprint density at radius 2 is 1.64 bits per heavy atom. The molecule has 1 aromatic heterocycles. The largest absolute Gasteiger partial charge is 0.378 e. The van der Waals surface area contributed by atoms with Crippen LogP contribution in [-0.4, -0.2) is 13.4 Å². The molecule has 22 heavy (non-hydrogen) atoms. The summed E-state index contributed by atoms with van der Waals surface area (Å²) in [6.45, 7) is 3.70. The summed E-state index contributed by atoms with van der Waals surface area (Å²) >= 11 is 0. The lowest BCUT2D eigenvalue weighted by Gasteiger charge is -2.10. The third kappa shape index (κ3) is 2.80. The van der Waals surface area contributed by atoms with Gasteiger partial charge in [-0.25, -0.2) is 0 Å². The number of fused-ring (bicyclic) bond motifs is 1. The highest BCUT2D eigenvalue weighted by molar-refractivity contribution is 7.87. The lowest BCUT2D eigenvalue weighted by molar-refractivity contribution is 0.488. The van der Waals surface area contributed by atoms with Crippen LogP contribution in [0, 0.1) is 13.8 Å². The maximum absolute atomic E-state index is 12.4. The fourth-order valence-corrected chi connectivity index (χ4v) is 3.15. The van der Waals surface area contributed by atoms with Crippen molar-refractivity contribution in [2.24, 2.45) is 0 Å². The van der Waals surface area contributed by atoms with E-state index in [0.29, 0.717) is 22.3 Å². The number of aryl methyl sites for hydroxylation is 2. The molecule has 0 unspecified atom stereocenters. The summed E-state index contributed by atoms with van der Waals surface area (Å²) in [5, 5.41) is 0.670. The quantitative estimate of drug-likeness (QED) is 0.693. The number of aromatic nitrogens is 1. The zero-order valence-corrected chi connectivity index (χ0v) is 13.1. The van der Waals surface area contributed by atoms with Gasteiger partial charge in [0.15, 0.2) is 5.75 Å². The van der Waals surface area contributed by atoms with Gasteiger partial charge in [0.25, 0.3) is 0 Å². The highest BCUT2D eigenvalue weighted by Crippen LogP contribution is 2.28. The van der Waals surface area contributed by atoms with Crippen molar-refractivity contribution in [1.82, 2.24) is 4.98 Å². The van der Waals surface area contributed by atoms with Crippen LogP contribution in [-0.2, 0) is 10.1 Å². The number of para-hydroxylation sites is 1. The third-order valence-corrected chi connectivity index (χ3v) is 4.56. The average Bonchev–Trinajstić information content (AvgIpc) is 2.47. The fourth-order valence-electron chi connectivity index (χ4n) is 2.21. The summed E-state index contributed by atoms with van der Waals surface area (Å²) in [4.78, 5) is 4.51. The second-order valence-corrected chi connectivity index (χ2v) is 6.68. The van der Waals surface area contributed by atoms with Crippen molar-refractivity contribution < 1.29 is 12.6 Å². The van der Waals surface area contributed by atoms with Crippen molar-refractivity contribution in [2.75, 3.05) is 0 Å². The minimum atomic E-state index is -3.87. The standard InChI is InChI=1S/C17H15NO3S/c1-12-7-9-14(10-8-12)22(19,20)21-17-11-13(2)18-16-6-4-3-5-15(16)17/h3-11H,1-2H3. The number of hydrogen-bond donors (Lipinski definition) is 0. The van der Waals surface area contributed by atoms with E-state index in [1.807, 2.05) is 25.1 Å². The Hall–Kier alpha value is -2.40. The molecule has 3 rings (SSSR count). The van der Waals surface area contributed by atoms with E-state index in [1.54, 1.807) is 43.3 Å². The minimum absolute atomic E-state index is 0.136. The lowest BCUT2D eigenvalue weighted by Crippen LogP contribution is -2.10. The van der Waals surface area contributed by atoms with Gasteiger partial charge in [-0.3, -0.25) is 4.98 Å². The van der Waals surface area contributed by atoms with Gasteiger partial charge in [0.05, 0.1) is 5.52 Å². The van der Waals surface area contributed by atoms with Gasteiger partial charge in [-0.2, -0.15) is 8.42 Å². The third-order valence-electron chi connectivity index (χ3n) is 3.32. The molecule has 0 saturated carbocycles. The van der Waals surface area contributed by atoms with Crippen LogP contribution in [0.2, 0.25) is 0 Å². The predicted molar refractivity (Wildman–Crippen MR) is 85.5 cm³/mol. The van der Waals surface area contributed by atoms with Gasteiger partial charge >= 0.3 is 10.1 Å². The molecule has 0 atom stereocenters. The molecule has 2 aromatic carbocycles. The topological polar surface area (TPSA) is 56.3 Å². The molecule has 0 spiro atoms. The van der Waals surface area contributed by atoms with Crippen LogP contribution in [0.5, 0.6) is 5.75 Å². The van der Waals surface area contributed by atoms with Gasteiger partial charge < -0.3 is 4.18 Å². The van der Waals surface area contributed by atoms with Crippen molar-refractivity contribution >= 4 is 21.0 Å². The van der Waals surface area contributed by atoms with Gasteiger partial charge in [-0.05, 0) is 38.1 Å². The molecule has 4 nitrogen and oxygen atoms in total. The zero-order chi connectivity index (χ0) is 15.7. The summed E-state index contributed by atoms with van der Waals surface area (Å²) in [6, 6.07) is 15.5. The van der Waals surface area contributed by atoms with Gasteiger partial charge in [0, 0.05) is 17.1 Å². The molecular weight excluding hydrogens is 298 g/mol. The molecule has 5 heteroatoms. The Kier molecular flexibility index (Phi) is 3.58. The van der Waals surface area contributed by atoms with E-state index in [-0.39, 0.29) is 4.90 Å². The number of nitrogens with zero attached hydrogens (tertiary/aromatic N) is 1. The molecular formula is C17H15NO3S. The van der Waals surface area contributed by atoms with Crippen molar-refractivity contribution in [3.05, 3.63) is 65.9 Å². The molecule has 112 valence electrons. The van der Waals surface area contributed by atoms with E-state index in [1.165, 1.54) is 0 Å². The molecule has 0 aliphatic carbocycles. The number of hydrogen-bond acceptors (Lipinski definition) is 4. The van der Waals surface area contributed by atoms with Crippen molar-refractivity contribution in [3.8, 4) is 5.75 Å². The maximum atomic E-state index is 12.4. The summed E-state index contributed by atoms with van der Waals surface area (Å²) in [5.41, 5.74) is 2.40. The highest BCUT2D eigenvalue weighted by atomic mass is 32.2. The number of rotatable bonds is 3. The Morgan fingerprint density at radius 3 is 2.36 bits per heavy atom. The number of benzene rings is 2. The summed E-state index contributed by atoms with van der Waals surface area (Å²) in [6.07, 6.45) is 0. The number of pyridine rings is 1. The van der Waals surface area contributed by atoms with Crippen LogP contribution in [0.1, 0.15) is 11.3 Å². The van der Waals surface area contributed by atoms with Crippen LogP contribution in [0.4, 0.5) is 0 Å². The second-order valence-electron chi connectivity index (χ2n) is 5.13. The summed E-state index contributed by atoms with van der Waals surface area (Å²) in [5.74, 6) is 0.295. The average molecular weight is 313 g/mol. The van der Waals surface area contributed by atoms with Crippen LogP contribution < -0.4 is 4.18 Å². The normalized spacial score (nSPS) is 11.5. The zero-order valence-electron chi connectivity index (χ0n) is 12.3. The first-order chi connectivity index (χ1) is 10.5. The lowest BCUT2D eigenvalue weighted by atomic mass is 10.2. The van der Waals surface area contributed by atoms with Gasteiger partial charge in [-0.1, -0.05) is 29.8 Å². The molecule has 0 bridgehead atoms.